The van der Waals surface area contributed by atoms with Gasteiger partial charge in [0.05, 0.1) is 16.6 Å². The number of carbonyl (C=O) groups is 3. The minimum absolute atomic E-state index is 0.0149. The standard InChI is InChI=1S/C31H39BrN4O4S/c1-3-35(4-2)22-15-13-21(14-16-22)34-29(39)27-31-19-23(32)26(41-31)24(28(38)33-20-11-7-5-8-12-20)25(31)30(40)36(27)17-9-6-10-18-37/h5,7-8,11-16,23-27,37H,3-4,6,9-10,17-19H2,1-2H3,(H,33,38)(H,34,39)/t23?,24-,25+,26-,27?,31?/m1/s1. The van der Waals surface area contributed by atoms with E-state index in [2.05, 4.69) is 45.3 Å². The van der Waals surface area contributed by atoms with Crippen molar-refractivity contribution >= 4 is 62.5 Å². The van der Waals surface area contributed by atoms with Crippen LogP contribution in [0.15, 0.2) is 54.6 Å². The second-order valence-electron chi connectivity index (χ2n) is 11.0. The van der Waals surface area contributed by atoms with Gasteiger partial charge in [-0.25, -0.2) is 0 Å². The normalized spacial score (nSPS) is 28.0. The minimum atomic E-state index is -0.698. The zero-order chi connectivity index (χ0) is 29.1. The molecular formula is C31H39BrN4O4S. The number of unbranched alkanes of at least 4 members (excludes halogenated alkanes) is 2. The molecule has 10 heteroatoms. The smallest absolute Gasteiger partial charge is 0.248 e. The zero-order valence-corrected chi connectivity index (χ0v) is 26.0. The third-order valence-corrected chi connectivity index (χ3v) is 11.9. The number of rotatable bonds is 12. The quantitative estimate of drug-likeness (QED) is 0.228. The number of anilines is 3. The third kappa shape index (κ3) is 5.62. The maximum atomic E-state index is 14.1. The third-order valence-electron chi connectivity index (χ3n) is 8.70. The molecule has 2 aromatic carbocycles. The monoisotopic (exact) mass is 642 g/mol. The van der Waals surface area contributed by atoms with Crippen LogP contribution in [-0.4, -0.2) is 74.8 Å². The van der Waals surface area contributed by atoms with Crippen LogP contribution >= 0.6 is 27.7 Å². The van der Waals surface area contributed by atoms with Crippen LogP contribution in [0.25, 0.3) is 0 Å². The molecule has 0 saturated carbocycles. The van der Waals surface area contributed by atoms with E-state index in [-0.39, 0.29) is 34.4 Å². The maximum Gasteiger partial charge on any atom is 0.248 e. The fraction of sp³-hybridized carbons (Fsp3) is 0.516. The van der Waals surface area contributed by atoms with Gasteiger partial charge < -0.3 is 25.5 Å². The summed E-state index contributed by atoms with van der Waals surface area (Å²) >= 11 is 5.46. The largest absolute Gasteiger partial charge is 0.396 e. The lowest BCUT2D eigenvalue weighted by Gasteiger charge is -2.35. The Morgan fingerprint density at radius 3 is 2.32 bits per heavy atom. The number of amides is 3. The Labute approximate surface area is 254 Å². The molecule has 1 spiro atoms. The highest BCUT2D eigenvalue weighted by Gasteiger charge is 2.75. The molecule has 3 aliphatic heterocycles. The molecule has 3 N–H and O–H groups in total. The van der Waals surface area contributed by atoms with E-state index in [1.807, 2.05) is 54.6 Å². The van der Waals surface area contributed by atoms with E-state index in [0.29, 0.717) is 37.2 Å². The average molecular weight is 644 g/mol. The summed E-state index contributed by atoms with van der Waals surface area (Å²) < 4.78 is -0.698. The van der Waals surface area contributed by atoms with Crippen LogP contribution in [0.2, 0.25) is 0 Å². The number of aliphatic hydroxyl groups excluding tert-OH is 1. The predicted octanol–water partition coefficient (Wildman–Crippen LogP) is 4.74. The molecule has 2 aromatic rings. The number of nitrogens with zero attached hydrogens (tertiary/aromatic N) is 2. The van der Waals surface area contributed by atoms with Crippen molar-refractivity contribution in [3.63, 3.8) is 0 Å². The van der Waals surface area contributed by atoms with Crippen LogP contribution in [0, 0.1) is 11.8 Å². The van der Waals surface area contributed by atoms with Crippen molar-refractivity contribution in [3.8, 4) is 0 Å². The first-order chi connectivity index (χ1) is 19.8. The number of likely N-dealkylation sites (tertiary alicyclic amines) is 1. The zero-order valence-electron chi connectivity index (χ0n) is 23.6. The van der Waals surface area contributed by atoms with Crippen LogP contribution in [0.5, 0.6) is 0 Å². The lowest BCUT2D eigenvalue weighted by molar-refractivity contribution is -0.138. The van der Waals surface area contributed by atoms with Crippen molar-refractivity contribution in [2.24, 2.45) is 11.8 Å². The summed E-state index contributed by atoms with van der Waals surface area (Å²) in [5.41, 5.74) is 2.47. The SMILES string of the molecule is CCN(CC)c1ccc(NC(=O)C2N(CCCCCO)C(=O)[C@@H]3[C@@H](C(=O)Nc4ccccc4)[C@@H]4SC23CC4Br)cc1. The van der Waals surface area contributed by atoms with Crippen molar-refractivity contribution in [3.05, 3.63) is 54.6 Å². The number of thioether (sulfide) groups is 1. The molecule has 3 saturated heterocycles. The number of para-hydroxylation sites is 1. The van der Waals surface area contributed by atoms with E-state index in [4.69, 9.17) is 0 Å². The van der Waals surface area contributed by atoms with Gasteiger partial charge in [0.2, 0.25) is 17.7 Å². The molecule has 0 radical (unpaired) electrons. The molecule has 0 aromatic heterocycles. The number of benzene rings is 2. The first-order valence-electron chi connectivity index (χ1n) is 14.6. The molecule has 5 rings (SSSR count). The first kappa shape index (κ1) is 29.9. The van der Waals surface area contributed by atoms with E-state index >= 15 is 0 Å². The van der Waals surface area contributed by atoms with E-state index in [9.17, 15) is 19.5 Å². The van der Waals surface area contributed by atoms with Gasteiger partial charge in [0, 0.05) is 53.4 Å². The van der Waals surface area contributed by atoms with E-state index in [0.717, 1.165) is 25.2 Å². The van der Waals surface area contributed by atoms with Crippen molar-refractivity contribution in [2.45, 2.75) is 60.4 Å². The van der Waals surface area contributed by atoms with Gasteiger partial charge in [-0.05, 0) is 75.9 Å². The van der Waals surface area contributed by atoms with Gasteiger partial charge in [0.15, 0.2) is 0 Å². The lowest BCUT2D eigenvalue weighted by atomic mass is 9.70. The van der Waals surface area contributed by atoms with Crippen molar-refractivity contribution in [1.82, 2.24) is 4.90 Å². The minimum Gasteiger partial charge on any atom is -0.396 e. The van der Waals surface area contributed by atoms with Gasteiger partial charge in [-0.1, -0.05) is 34.1 Å². The number of nitrogens with one attached hydrogen (secondary N) is 2. The Hall–Kier alpha value is -2.56. The molecule has 6 atom stereocenters. The van der Waals surface area contributed by atoms with Crippen LogP contribution in [0.1, 0.15) is 39.5 Å². The van der Waals surface area contributed by atoms with Gasteiger partial charge in [-0.3, -0.25) is 14.4 Å². The number of hydrogen-bond donors (Lipinski definition) is 3. The second-order valence-corrected chi connectivity index (χ2v) is 13.8. The molecule has 3 unspecified atom stereocenters. The number of carbonyl (C=O) groups excluding carboxylic acids is 3. The molecule has 3 fully saturated rings. The molecule has 3 aliphatic rings. The van der Waals surface area contributed by atoms with Gasteiger partial charge in [0.1, 0.15) is 6.04 Å². The van der Waals surface area contributed by atoms with Crippen LogP contribution < -0.4 is 15.5 Å². The lowest BCUT2D eigenvalue weighted by Crippen LogP contribution is -2.52. The Morgan fingerprint density at radius 1 is 1.00 bits per heavy atom. The van der Waals surface area contributed by atoms with E-state index in [1.54, 1.807) is 16.7 Å². The molecule has 0 aliphatic carbocycles. The summed E-state index contributed by atoms with van der Waals surface area (Å²) in [5.74, 6) is -1.62. The van der Waals surface area contributed by atoms with Crippen molar-refractivity contribution in [1.29, 1.82) is 0 Å². The van der Waals surface area contributed by atoms with Gasteiger partial charge in [0.25, 0.3) is 0 Å². The maximum absolute atomic E-state index is 14.1. The van der Waals surface area contributed by atoms with Crippen LogP contribution in [-0.2, 0) is 14.4 Å². The van der Waals surface area contributed by atoms with Crippen LogP contribution in [0.3, 0.4) is 0 Å². The molecule has 8 nitrogen and oxygen atoms in total. The van der Waals surface area contributed by atoms with E-state index in [1.165, 1.54) is 0 Å². The molecule has 220 valence electrons. The van der Waals surface area contributed by atoms with Gasteiger partial charge in [-0.2, -0.15) is 0 Å². The summed E-state index contributed by atoms with van der Waals surface area (Å²) in [6, 6.07) is 16.4. The van der Waals surface area contributed by atoms with Crippen molar-refractivity contribution < 1.29 is 19.5 Å². The highest BCUT2D eigenvalue weighted by atomic mass is 79.9. The molecule has 2 bridgehead atoms. The molecule has 3 heterocycles. The Bertz CT molecular complexity index is 1240. The number of alkyl halides is 1. The highest BCUT2D eigenvalue weighted by molar-refractivity contribution is 9.09. The average Bonchev–Trinajstić information content (AvgIpc) is 3.56. The highest BCUT2D eigenvalue weighted by Crippen LogP contribution is 2.67. The second kappa shape index (κ2) is 12.8. The summed E-state index contributed by atoms with van der Waals surface area (Å²) in [4.78, 5) is 45.9. The molecule has 3 amide bonds. The Morgan fingerprint density at radius 2 is 1.66 bits per heavy atom. The predicted molar refractivity (Wildman–Crippen MR) is 169 cm³/mol. The van der Waals surface area contributed by atoms with Crippen molar-refractivity contribution in [2.75, 3.05) is 41.8 Å². The number of aliphatic hydroxyl groups is 1. The molecule has 41 heavy (non-hydrogen) atoms. The first-order valence-corrected chi connectivity index (χ1v) is 16.4. The van der Waals surface area contributed by atoms with Gasteiger partial charge >= 0.3 is 0 Å². The summed E-state index contributed by atoms with van der Waals surface area (Å²) in [6.45, 7) is 6.53. The number of fused-ring (bicyclic) bond motifs is 1. The Kier molecular flexibility index (Phi) is 9.30. The Balaban J connectivity index is 1.43. The van der Waals surface area contributed by atoms with E-state index < -0.39 is 22.6 Å². The summed E-state index contributed by atoms with van der Waals surface area (Å²) in [5, 5.41) is 15.3. The topological polar surface area (TPSA) is 102 Å². The van der Waals surface area contributed by atoms with Crippen LogP contribution in [0.4, 0.5) is 17.1 Å². The molecular weight excluding hydrogens is 604 g/mol. The number of halogens is 1. The summed E-state index contributed by atoms with van der Waals surface area (Å²) in [7, 11) is 0. The van der Waals surface area contributed by atoms with Gasteiger partial charge in [-0.15, -0.1) is 11.8 Å². The fourth-order valence-electron chi connectivity index (χ4n) is 6.84. The summed E-state index contributed by atoms with van der Waals surface area (Å²) in [6.07, 6.45) is 2.73. The fourth-order valence-corrected chi connectivity index (χ4v) is 10.5. The number of hydrogen-bond acceptors (Lipinski definition) is 6.